The van der Waals surface area contributed by atoms with Crippen LogP contribution in [0.1, 0.15) is 61.1 Å². The minimum Gasteiger partial charge on any atom is -0.398 e. The van der Waals surface area contributed by atoms with E-state index < -0.39 is 0 Å². The van der Waals surface area contributed by atoms with Crippen LogP contribution in [0.15, 0.2) is 12.1 Å². The van der Waals surface area contributed by atoms with Gasteiger partial charge in [-0.05, 0) is 72.9 Å². The second kappa shape index (κ2) is 9.37. The van der Waals surface area contributed by atoms with Gasteiger partial charge in [0, 0.05) is 22.7 Å². The summed E-state index contributed by atoms with van der Waals surface area (Å²) < 4.78 is 0. The summed E-state index contributed by atoms with van der Waals surface area (Å²) in [6, 6.07) is 4.25. The molecule has 2 aromatic carbocycles. The van der Waals surface area contributed by atoms with Crippen molar-refractivity contribution in [3.8, 4) is 0 Å². The van der Waals surface area contributed by atoms with Crippen LogP contribution in [0.4, 0.5) is 22.7 Å². The lowest BCUT2D eigenvalue weighted by Gasteiger charge is -2.13. The van der Waals surface area contributed by atoms with Gasteiger partial charge in [0.15, 0.2) is 0 Å². The number of nitrogen functional groups attached to an aromatic ring is 4. The van der Waals surface area contributed by atoms with Crippen molar-refractivity contribution in [2.75, 3.05) is 22.9 Å². The molecule has 0 saturated heterocycles. The van der Waals surface area contributed by atoms with Crippen LogP contribution in [0, 0.1) is 13.8 Å². The largest absolute Gasteiger partial charge is 0.398 e. The first kappa shape index (κ1) is 21.7. The number of rotatable bonds is 4. The average Bonchev–Trinajstić information content (AvgIpc) is 2.65. The fourth-order valence-electron chi connectivity index (χ4n) is 3.16. The van der Waals surface area contributed by atoms with Gasteiger partial charge in [0.2, 0.25) is 0 Å². The van der Waals surface area contributed by atoms with E-state index in [0.717, 1.165) is 59.6 Å². The normalized spacial score (nSPS) is 10.4. The summed E-state index contributed by atoms with van der Waals surface area (Å²) in [5.41, 5.74) is 34.1. The molecule has 0 aliphatic heterocycles. The molecule has 0 amide bonds. The smallest absolute Gasteiger partial charge is 0.0397 e. The number of aryl methyl sites for hydroxylation is 4. The van der Waals surface area contributed by atoms with Gasteiger partial charge in [-0.1, -0.05) is 39.8 Å². The molecule has 4 nitrogen and oxygen atoms in total. The highest BCUT2D eigenvalue weighted by Gasteiger charge is 2.09. The number of nitrogens with two attached hydrogens (primary N) is 4. The van der Waals surface area contributed by atoms with Crippen molar-refractivity contribution in [2.24, 2.45) is 0 Å². The maximum Gasteiger partial charge on any atom is 0.0397 e. The van der Waals surface area contributed by atoms with Crippen molar-refractivity contribution in [3.05, 3.63) is 45.5 Å². The van der Waals surface area contributed by atoms with E-state index in [4.69, 9.17) is 22.9 Å². The summed E-state index contributed by atoms with van der Waals surface area (Å²) in [6.45, 7) is 12.4. The van der Waals surface area contributed by atoms with Crippen molar-refractivity contribution in [2.45, 2.75) is 67.2 Å². The number of benzene rings is 2. The van der Waals surface area contributed by atoms with Crippen LogP contribution in [0.25, 0.3) is 0 Å². The highest BCUT2D eigenvalue weighted by Crippen LogP contribution is 2.28. The van der Waals surface area contributed by atoms with Crippen LogP contribution in [0.2, 0.25) is 0 Å². The predicted molar refractivity (Wildman–Crippen MR) is 118 cm³/mol. The Labute approximate surface area is 159 Å². The summed E-state index contributed by atoms with van der Waals surface area (Å²) in [6.07, 6.45) is 3.89. The zero-order valence-electron chi connectivity index (χ0n) is 17.3. The van der Waals surface area contributed by atoms with Crippen LogP contribution in [0.5, 0.6) is 0 Å². The van der Waals surface area contributed by atoms with E-state index in [-0.39, 0.29) is 0 Å². The lowest BCUT2D eigenvalue weighted by molar-refractivity contribution is 1.08. The van der Waals surface area contributed by atoms with Gasteiger partial charge >= 0.3 is 0 Å². The Morgan fingerprint density at radius 1 is 0.500 bits per heavy atom. The molecule has 26 heavy (non-hydrogen) atoms. The second-order valence-corrected chi connectivity index (χ2v) is 6.71. The summed E-state index contributed by atoms with van der Waals surface area (Å²) in [4.78, 5) is 0. The Balaban J connectivity index is 0.000000260. The van der Waals surface area contributed by atoms with Crippen molar-refractivity contribution in [3.63, 3.8) is 0 Å². The maximum absolute atomic E-state index is 5.94. The van der Waals surface area contributed by atoms with E-state index in [9.17, 15) is 0 Å². The Bertz CT molecular complexity index is 642. The first-order chi connectivity index (χ1) is 12.2. The molecular formula is C22H36N4. The van der Waals surface area contributed by atoms with Gasteiger partial charge in [0.25, 0.3) is 0 Å². The lowest BCUT2D eigenvalue weighted by atomic mass is 9.98. The first-order valence-corrected chi connectivity index (χ1v) is 9.55. The van der Waals surface area contributed by atoms with Gasteiger partial charge in [-0.25, -0.2) is 0 Å². The molecule has 0 radical (unpaired) electrons. The van der Waals surface area contributed by atoms with E-state index >= 15 is 0 Å². The topological polar surface area (TPSA) is 104 Å². The minimum atomic E-state index is 0.859. The van der Waals surface area contributed by atoms with Crippen molar-refractivity contribution in [1.82, 2.24) is 0 Å². The number of hydrogen-bond acceptors (Lipinski definition) is 4. The lowest BCUT2D eigenvalue weighted by Crippen LogP contribution is -2.04. The molecule has 0 bridgehead atoms. The van der Waals surface area contributed by atoms with E-state index in [1.54, 1.807) is 0 Å². The number of anilines is 4. The van der Waals surface area contributed by atoms with Gasteiger partial charge in [-0.2, -0.15) is 0 Å². The van der Waals surface area contributed by atoms with Crippen LogP contribution >= 0.6 is 0 Å². The Morgan fingerprint density at radius 3 is 0.846 bits per heavy atom. The van der Waals surface area contributed by atoms with Crippen molar-refractivity contribution >= 4 is 22.7 Å². The Hall–Kier alpha value is -2.36. The van der Waals surface area contributed by atoms with Crippen molar-refractivity contribution in [1.29, 1.82) is 0 Å². The molecule has 2 aromatic rings. The summed E-state index contributed by atoms with van der Waals surface area (Å²) in [7, 11) is 0. The average molecular weight is 357 g/mol. The highest BCUT2D eigenvalue weighted by molar-refractivity contribution is 5.69. The SMILES string of the molecule is CCc1cc(CC)c(N)c(C)c1N.CCc1cc(CC)c(N)c(C)c1N. The van der Waals surface area contributed by atoms with Crippen LogP contribution in [-0.2, 0) is 25.7 Å². The maximum atomic E-state index is 5.94. The monoisotopic (exact) mass is 356 g/mol. The van der Waals surface area contributed by atoms with E-state index in [2.05, 4.69) is 39.8 Å². The van der Waals surface area contributed by atoms with Gasteiger partial charge in [-0.3, -0.25) is 0 Å². The molecule has 0 atom stereocenters. The molecule has 2 rings (SSSR count). The summed E-state index contributed by atoms with van der Waals surface area (Å²) in [5, 5.41) is 0. The third kappa shape index (κ3) is 4.43. The zero-order valence-corrected chi connectivity index (χ0v) is 17.3. The molecule has 0 aliphatic rings. The van der Waals surface area contributed by atoms with Crippen molar-refractivity contribution < 1.29 is 0 Å². The number of hydrogen-bond donors (Lipinski definition) is 4. The molecule has 0 fully saturated rings. The molecular weight excluding hydrogens is 320 g/mol. The molecule has 0 spiro atoms. The summed E-state index contributed by atoms with van der Waals surface area (Å²) in [5.74, 6) is 0. The van der Waals surface area contributed by atoms with Crippen LogP contribution < -0.4 is 22.9 Å². The predicted octanol–water partition coefficient (Wildman–Crippen LogP) is 4.57. The fraction of sp³-hybridized carbons (Fsp3) is 0.455. The van der Waals surface area contributed by atoms with E-state index in [1.165, 1.54) is 22.3 Å². The Morgan fingerprint density at radius 2 is 0.692 bits per heavy atom. The molecule has 0 aromatic heterocycles. The molecule has 0 unspecified atom stereocenters. The van der Waals surface area contributed by atoms with Gasteiger partial charge in [0.1, 0.15) is 0 Å². The molecule has 0 saturated carbocycles. The summed E-state index contributed by atoms with van der Waals surface area (Å²) >= 11 is 0. The highest BCUT2D eigenvalue weighted by atomic mass is 14.6. The van der Waals surface area contributed by atoms with Gasteiger partial charge in [-0.15, -0.1) is 0 Å². The van der Waals surface area contributed by atoms with E-state index in [1.807, 2.05) is 13.8 Å². The molecule has 4 heteroatoms. The van der Waals surface area contributed by atoms with Gasteiger partial charge in [0.05, 0.1) is 0 Å². The van der Waals surface area contributed by atoms with Gasteiger partial charge < -0.3 is 22.9 Å². The standard InChI is InChI=1S/2C11H18N2/c2*1-4-8-6-9(5-2)11(13)7(3)10(8)12/h2*6H,4-5,12-13H2,1-3H3. The van der Waals surface area contributed by atoms with E-state index in [0.29, 0.717) is 0 Å². The molecule has 0 heterocycles. The quantitative estimate of drug-likeness (QED) is 0.602. The molecule has 0 aliphatic carbocycles. The Kier molecular flexibility index (Phi) is 7.81. The third-order valence-electron chi connectivity index (χ3n) is 5.22. The molecule has 144 valence electrons. The van der Waals surface area contributed by atoms with Crippen LogP contribution in [-0.4, -0.2) is 0 Å². The minimum absolute atomic E-state index is 0.859. The molecule has 8 N–H and O–H groups in total. The zero-order chi connectivity index (χ0) is 20.0. The fourth-order valence-corrected chi connectivity index (χ4v) is 3.16. The second-order valence-electron chi connectivity index (χ2n) is 6.71. The third-order valence-corrected chi connectivity index (χ3v) is 5.22. The first-order valence-electron chi connectivity index (χ1n) is 9.55. The van der Waals surface area contributed by atoms with Crippen LogP contribution in [0.3, 0.4) is 0 Å².